The molecule has 2 N–H and O–H groups in total. The number of fused-ring (bicyclic) bond motifs is 3. The summed E-state index contributed by atoms with van der Waals surface area (Å²) in [5, 5.41) is 23.4. The highest BCUT2D eigenvalue weighted by Crippen LogP contribution is 2.38. The molecule has 4 rings (SSSR count). The molecule has 4 aliphatic rings. The number of rotatable bonds is 6. The zero-order valence-corrected chi connectivity index (χ0v) is 41.0. The Balaban J connectivity index is 1.68. The standard InChI is InChI=1S/C52H83NO11/c1-32-17-13-12-14-18-34(3)45(61-10)30-41-23-21-39(8)52(59,64-41)49(56)50(57)53-24-16-15-19-42(53)51(58)63-46(37(6)28-40-22-20-35(4)44(29-40)60-9)31-43(54)36(5)27-38(7)48(55)47(62-11)26-33(2)25-32/h12-14,17-18,27,32-33,35-37,39-42,44-48,55,59H,15-16,19-26,28-31H2,1-11H3/b14-12+,17-13+,34-18+,38-27+/t32-,33-,35-,36-,37-,39-,40+,41+,42+,44-,45+,46+,47+,48-,52-/m1/s1. The van der Waals surface area contributed by atoms with Gasteiger partial charge in [0.2, 0.25) is 5.79 Å². The summed E-state index contributed by atoms with van der Waals surface area (Å²) >= 11 is 0. The van der Waals surface area contributed by atoms with E-state index in [-0.39, 0.29) is 55.1 Å². The Labute approximate surface area is 384 Å². The quantitative estimate of drug-likeness (QED) is 0.150. The third-order valence-electron chi connectivity index (χ3n) is 14.9. The maximum atomic E-state index is 14.4. The Bertz CT molecular complexity index is 1670. The lowest BCUT2D eigenvalue weighted by Gasteiger charge is -2.42. The molecule has 64 heavy (non-hydrogen) atoms. The molecule has 0 aromatic carbocycles. The highest BCUT2D eigenvalue weighted by molar-refractivity contribution is 6.39. The van der Waals surface area contributed by atoms with Crippen molar-refractivity contribution in [2.45, 2.75) is 187 Å². The van der Waals surface area contributed by atoms with Crippen LogP contribution in [0.2, 0.25) is 0 Å². The van der Waals surface area contributed by atoms with Gasteiger partial charge in [0.05, 0.1) is 24.4 Å². The first-order valence-corrected chi connectivity index (χ1v) is 24.3. The highest BCUT2D eigenvalue weighted by atomic mass is 16.6. The molecule has 0 spiro atoms. The number of piperidine rings is 1. The number of hydrogen-bond acceptors (Lipinski definition) is 11. The maximum absolute atomic E-state index is 14.4. The molecule has 3 aliphatic heterocycles. The fourth-order valence-corrected chi connectivity index (χ4v) is 10.5. The number of Topliss-reactive ketones (excluding diaryl/α,β-unsaturated/α-hetero) is 2. The SMILES string of the molecule is CO[C@H]1C[C@@H]2CC[C@@H](C)[C@@](O)(O2)C(=O)C(=O)N2CCCC[C@H]2C(=O)O[C@H]([C@H](C)C[C@@H]2CC[C@@H](C)[C@H](OC)C2)CC(=O)[C@H](C)/C=C(\C)[C@@H](O)[C@@H](OC)C[C@H](C)C[C@H](C)/C=C/C=C/C=C/1C. The van der Waals surface area contributed by atoms with Gasteiger partial charge in [0, 0.05) is 52.6 Å². The molecular formula is C52H83NO11. The van der Waals surface area contributed by atoms with Gasteiger partial charge in [-0.2, -0.15) is 0 Å². The van der Waals surface area contributed by atoms with Crippen LogP contribution in [0.4, 0.5) is 0 Å². The average molecular weight is 898 g/mol. The van der Waals surface area contributed by atoms with Crippen molar-refractivity contribution in [1.82, 2.24) is 4.90 Å². The lowest BCUT2D eigenvalue weighted by atomic mass is 9.76. The number of cyclic esters (lactones) is 1. The van der Waals surface area contributed by atoms with Gasteiger partial charge in [-0.05, 0) is 125 Å². The fourth-order valence-electron chi connectivity index (χ4n) is 10.5. The van der Waals surface area contributed by atoms with E-state index in [4.69, 9.17) is 23.7 Å². The van der Waals surface area contributed by atoms with Crippen molar-refractivity contribution in [3.8, 4) is 0 Å². The average Bonchev–Trinajstić information content (AvgIpc) is 3.27. The van der Waals surface area contributed by atoms with E-state index in [1.54, 1.807) is 41.3 Å². The number of ketones is 2. The first-order chi connectivity index (χ1) is 30.3. The van der Waals surface area contributed by atoms with Gasteiger partial charge in [-0.1, -0.05) is 78.0 Å². The molecule has 1 aliphatic carbocycles. The van der Waals surface area contributed by atoms with Crippen LogP contribution in [0, 0.1) is 41.4 Å². The molecule has 0 aromatic rings. The molecule has 1 amide bonds. The minimum absolute atomic E-state index is 0.0562. The minimum Gasteiger partial charge on any atom is -0.460 e. The molecule has 12 nitrogen and oxygen atoms in total. The van der Waals surface area contributed by atoms with Crippen LogP contribution in [-0.2, 0) is 42.9 Å². The number of nitrogens with zero attached hydrogens (tertiary/aromatic N) is 1. The van der Waals surface area contributed by atoms with E-state index in [2.05, 4.69) is 26.8 Å². The summed E-state index contributed by atoms with van der Waals surface area (Å²) in [7, 11) is 4.96. The predicted molar refractivity (Wildman–Crippen MR) is 248 cm³/mol. The summed E-state index contributed by atoms with van der Waals surface area (Å²) in [6.45, 7) is 15.9. The van der Waals surface area contributed by atoms with Gasteiger partial charge in [0.15, 0.2) is 0 Å². The van der Waals surface area contributed by atoms with Crippen LogP contribution in [0.1, 0.15) is 139 Å². The van der Waals surface area contributed by atoms with Crippen molar-refractivity contribution < 1.29 is 53.1 Å². The second-order valence-corrected chi connectivity index (χ2v) is 20.2. The molecule has 15 atom stereocenters. The Hall–Kier alpha value is -3.00. The van der Waals surface area contributed by atoms with E-state index in [1.165, 1.54) is 4.90 Å². The van der Waals surface area contributed by atoms with E-state index in [9.17, 15) is 29.4 Å². The van der Waals surface area contributed by atoms with Gasteiger partial charge < -0.3 is 38.8 Å². The van der Waals surface area contributed by atoms with E-state index in [0.717, 1.165) is 31.3 Å². The fraction of sp³-hybridized carbons (Fsp3) is 0.769. The third-order valence-corrected chi connectivity index (χ3v) is 14.9. The number of esters is 1. The van der Waals surface area contributed by atoms with Gasteiger partial charge in [0.25, 0.3) is 11.7 Å². The Morgan fingerprint density at radius 3 is 2.23 bits per heavy atom. The maximum Gasteiger partial charge on any atom is 0.329 e. The van der Waals surface area contributed by atoms with Crippen LogP contribution in [0.15, 0.2) is 47.6 Å². The summed E-state index contributed by atoms with van der Waals surface area (Å²) in [4.78, 5) is 58.3. The van der Waals surface area contributed by atoms with Gasteiger partial charge in [-0.3, -0.25) is 14.4 Å². The predicted octanol–water partition coefficient (Wildman–Crippen LogP) is 8.28. The van der Waals surface area contributed by atoms with Crippen molar-refractivity contribution in [3.05, 3.63) is 47.6 Å². The highest BCUT2D eigenvalue weighted by Gasteiger charge is 2.53. The topological polar surface area (TPSA) is 158 Å². The molecule has 0 radical (unpaired) electrons. The molecule has 3 heterocycles. The number of carbonyl (C=O) groups excluding carboxylic acids is 4. The van der Waals surface area contributed by atoms with Crippen LogP contribution >= 0.6 is 0 Å². The van der Waals surface area contributed by atoms with Gasteiger partial charge in [0.1, 0.15) is 24.0 Å². The van der Waals surface area contributed by atoms with Crippen LogP contribution in [0.25, 0.3) is 0 Å². The van der Waals surface area contributed by atoms with Gasteiger partial charge in [-0.25, -0.2) is 4.79 Å². The molecule has 3 fully saturated rings. The lowest BCUT2D eigenvalue weighted by Crippen LogP contribution is -2.61. The van der Waals surface area contributed by atoms with Crippen LogP contribution in [-0.4, -0.2) is 115 Å². The van der Waals surface area contributed by atoms with Crippen molar-refractivity contribution >= 4 is 23.4 Å². The molecule has 2 saturated heterocycles. The Kier molecular flexibility index (Phi) is 21.1. The Morgan fingerprint density at radius 2 is 1.55 bits per heavy atom. The summed E-state index contributed by atoms with van der Waals surface area (Å²) in [5.74, 6) is -5.48. The van der Waals surface area contributed by atoms with Crippen molar-refractivity contribution in [3.63, 3.8) is 0 Å². The van der Waals surface area contributed by atoms with Crippen molar-refractivity contribution in [2.75, 3.05) is 27.9 Å². The number of carbonyl (C=O) groups is 4. The zero-order chi connectivity index (χ0) is 47.3. The first-order valence-electron chi connectivity index (χ1n) is 24.3. The number of hydrogen-bond donors (Lipinski definition) is 2. The molecule has 1 saturated carbocycles. The van der Waals surface area contributed by atoms with Gasteiger partial charge in [-0.15, -0.1) is 0 Å². The molecule has 0 aromatic heterocycles. The van der Waals surface area contributed by atoms with E-state index >= 15 is 0 Å². The van der Waals surface area contributed by atoms with Crippen LogP contribution < -0.4 is 0 Å². The number of methoxy groups -OCH3 is 3. The molecule has 0 unspecified atom stereocenters. The number of amides is 1. The smallest absolute Gasteiger partial charge is 0.329 e. The second kappa shape index (κ2) is 25.2. The van der Waals surface area contributed by atoms with Crippen molar-refractivity contribution in [1.29, 1.82) is 0 Å². The summed E-state index contributed by atoms with van der Waals surface area (Å²) < 4.78 is 30.0. The third kappa shape index (κ3) is 14.5. The number of aliphatic hydroxyl groups excluding tert-OH is 1. The number of allylic oxidation sites excluding steroid dienone is 6. The lowest BCUT2D eigenvalue weighted by molar-refractivity contribution is -0.265. The van der Waals surface area contributed by atoms with Crippen molar-refractivity contribution in [2.24, 2.45) is 41.4 Å². The molecule has 12 heteroatoms. The summed E-state index contributed by atoms with van der Waals surface area (Å²) in [5.41, 5.74) is 1.57. The summed E-state index contributed by atoms with van der Waals surface area (Å²) in [6.07, 6.45) is 16.8. The normalized spacial score (nSPS) is 40.8. The molecule has 362 valence electrons. The van der Waals surface area contributed by atoms with Gasteiger partial charge >= 0.3 is 5.97 Å². The van der Waals surface area contributed by atoms with E-state index in [0.29, 0.717) is 62.4 Å². The minimum atomic E-state index is -2.39. The molecule has 2 bridgehead atoms. The first kappa shape index (κ1) is 53.6. The summed E-state index contributed by atoms with van der Waals surface area (Å²) in [6, 6.07) is -1.07. The second-order valence-electron chi connectivity index (χ2n) is 20.2. The van der Waals surface area contributed by atoms with Crippen LogP contribution in [0.3, 0.4) is 0 Å². The Morgan fingerprint density at radius 1 is 0.828 bits per heavy atom. The number of aliphatic hydroxyl groups is 2. The monoisotopic (exact) mass is 898 g/mol. The number of ether oxygens (including phenoxy) is 5. The largest absolute Gasteiger partial charge is 0.460 e. The molecular weight excluding hydrogens is 815 g/mol. The van der Waals surface area contributed by atoms with E-state index < -0.39 is 65.7 Å². The van der Waals surface area contributed by atoms with Crippen LogP contribution in [0.5, 0.6) is 0 Å². The zero-order valence-electron chi connectivity index (χ0n) is 41.0. The van der Waals surface area contributed by atoms with E-state index in [1.807, 2.05) is 45.1 Å².